The second-order valence-electron chi connectivity index (χ2n) is 9.80. The normalized spacial score (nSPS) is 31.1. The minimum atomic E-state index is -1.11. The highest BCUT2D eigenvalue weighted by Crippen LogP contribution is 2.59. The molecule has 3 aliphatic heterocycles. The van der Waals surface area contributed by atoms with Crippen molar-refractivity contribution < 1.29 is 29.0 Å². The summed E-state index contributed by atoms with van der Waals surface area (Å²) in [6.07, 6.45) is 0.642. The van der Waals surface area contributed by atoms with E-state index in [-0.39, 0.29) is 30.9 Å². The van der Waals surface area contributed by atoms with E-state index in [9.17, 15) is 19.5 Å². The number of likely N-dealkylation sites (tertiary alicyclic amines) is 1. The summed E-state index contributed by atoms with van der Waals surface area (Å²) < 4.78 is 11.6. The van der Waals surface area contributed by atoms with Crippen LogP contribution in [0.4, 0.5) is 5.69 Å². The molecule has 3 heterocycles. The fourth-order valence-electron chi connectivity index (χ4n) is 6.08. The quantitative estimate of drug-likeness (QED) is 0.607. The third kappa shape index (κ3) is 3.54. The first-order chi connectivity index (χ1) is 15.7. The molecule has 3 aliphatic rings. The van der Waals surface area contributed by atoms with Crippen molar-refractivity contribution in [3.63, 3.8) is 0 Å². The van der Waals surface area contributed by atoms with Gasteiger partial charge in [-0.15, -0.1) is 0 Å². The molecular weight excluding hydrogens is 424 g/mol. The number of hydrogen-bond donors (Lipinski definition) is 2. The molecule has 2 bridgehead atoms. The number of esters is 1. The van der Waals surface area contributed by atoms with Crippen LogP contribution in [0.5, 0.6) is 0 Å². The fraction of sp³-hybridized carbons (Fsp3) is 0.640. The van der Waals surface area contributed by atoms with Gasteiger partial charge in [0.2, 0.25) is 11.8 Å². The molecule has 3 saturated heterocycles. The molecule has 6 atom stereocenters. The first-order valence-electron chi connectivity index (χ1n) is 11.8. The van der Waals surface area contributed by atoms with Gasteiger partial charge in [-0.2, -0.15) is 0 Å². The van der Waals surface area contributed by atoms with Crippen molar-refractivity contribution in [3.8, 4) is 0 Å². The summed E-state index contributed by atoms with van der Waals surface area (Å²) in [5.74, 6) is -2.75. The van der Waals surface area contributed by atoms with Crippen molar-refractivity contribution in [1.29, 1.82) is 0 Å². The van der Waals surface area contributed by atoms with Crippen LogP contribution >= 0.6 is 0 Å². The molecular formula is C25H34N2O6. The van der Waals surface area contributed by atoms with Gasteiger partial charge in [0.25, 0.3) is 0 Å². The number of hydrogen-bond acceptors (Lipinski definition) is 6. The Bertz CT molecular complexity index is 942. The van der Waals surface area contributed by atoms with Crippen LogP contribution in [-0.2, 0) is 23.9 Å². The number of ether oxygens (including phenoxy) is 2. The van der Waals surface area contributed by atoms with E-state index in [2.05, 4.69) is 5.32 Å². The Morgan fingerprint density at radius 3 is 2.55 bits per heavy atom. The maximum absolute atomic E-state index is 13.9. The van der Waals surface area contributed by atoms with Crippen molar-refractivity contribution >= 4 is 23.5 Å². The predicted octanol–water partition coefficient (Wildman–Crippen LogP) is 2.20. The zero-order chi connectivity index (χ0) is 24.1. The second kappa shape index (κ2) is 8.72. The number of benzene rings is 1. The number of fused-ring (bicyclic) bond motifs is 1. The number of nitrogens with one attached hydrogen (secondary N) is 1. The summed E-state index contributed by atoms with van der Waals surface area (Å²) in [6, 6.07) is 4.24. The van der Waals surface area contributed by atoms with Gasteiger partial charge in [-0.1, -0.05) is 32.0 Å². The maximum atomic E-state index is 13.9. The van der Waals surface area contributed by atoms with Crippen molar-refractivity contribution in [2.24, 2.45) is 17.8 Å². The van der Waals surface area contributed by atoms with Crippen LogP contribution in [0.2, 0.25) is 0 Å². The summed E-state index contributed by atoms with van der Waals surface area (Å²) in [7, 11) is 0. The van der Waals surface area contributed by atoms with E-state index in [0.717, 1.165) is 11.1 Å². The number of anilines is 1. The van der Waals surface area contributed by atoms with Crippen LogP contribution in [0.15, 0.2) is 18.2 Å². The number of para-hydroxylation sites is 1. The third-order valence-electron chi connectivity index (χ3n) is 7.59. The van der Waals surface area contributed by atoms with Gasteiger partial charge in [0.15, 0.2) is 0 Å². The number of amides is 2. The van der Waals surface area contributed by atoms with Crippen LogP contribution in [-0.4, -0.2) is 64.8 Å². The summed E-state index contributed by atoms with van der Waals surface area (Å²) in [4.78, 5) is 42.0. The average Bonchev–Trinajstić information content (AvgIpc) is 3.39. The molecule has 0 saturated carbocycles. The van der Waals surface area contributed by atoms with Gasteiger partial charge in [-0.3, -0.25) is 14.4 Å². The van der Waals surface area contributed by atoms with Crippen LogP contribution in [0.25, 0.3) is 0 Å². The number of nitrogens with zero attached hydrogens (tertiary/aromatic N) is 1. The number of aliphatic hydroxyl groups excluding tert-OH is 1. The summed E-state index contributed by atoms with van der Waals surface area (Å²) >= 11 is 0. The Hall–Kier alpha value is -2.45. The molecule has 33 heavy (non-hydrogen) atoms. The minimum Gasteiger partial charge on any atom is -0.466 e. The lowest BCUT2D eigenvalue weighted by Crippen LogP contribution is -2.57. The van der Waals surface area contributed by atoms with Gasteiger partial charge in [0, 0.05) is 5.69 Å². The molecule has 0 radical (unpaired) electrons. The second-order valence-corrected chi connectivity index (χ2v) is 9.80. The Morgan fingerprint density at radius 1 is 1.30 bits per heavy atom. The number of carbonyl (C=O) groups is 3. The Kier molecular flexibility index (Phi) is 6.26. The van der Waals surface area contributed by atoms with Gasteiger partial charge >= 0.3 is 5.97 Å². The molecule has 3 fully saturated rings. The van der Waals surface area contributed by atoms with Gasteiger partial charge < -0.3 is 24.8 Å². The van der Waals surface area contributed by atoms with Crippen LogP contribution in [0, 0.1) is 31.6 Å². The molecule has 180 valence electrons. The summed E-state index contributed by atoms with van der Waals surface area (Å²) in [6.45, 7) is 9.30. The zero-order valence-electron chi connectivity index (χ0n) is 20.0. The molecule has 2 amide bonds. The highest BCUT2D eigenvalue weighted by atomic mass is 16.6. The molecule has 4 rings (SSSR count). The van der Waals surface area contributed by atoms with Crippen LogP contribution in [0.1, 0.15) is 44.7 Å². The Labute approximate surface area is 194 Å². The molecule has 1 aromatic carbocycles. The van der Waals surface area contributed by atoms with E-state index < -0.39 is 41.6 Å². The summed E-state index contributed by atoms with van der Waals surface area (Å²) in [5.41, 5.74) is 1.42. The molecule has 1 aromatic rings. The van der Waals surface area contributed by atoms with Gasteiger partial charge in [-0.05, 0) is 50.7 Å². The van der Waals surface area contributed by atoms with E-state index in [4.69, 9.17) is 9.47 Å². The van der Waals surface area contributed by atoms with Gasteiger partial charge in [0.1, 0.15) is 11.6 Å². The van der Waals surface area contributed by atoms with Gasteiger partial charge in [-0.25, -0.2) is 0 Å². The van der Waals surface area contributed by atoms with E-state index >= 15 is 0 Å². The monoisotopic (exact) mass is 458 g/mol. The fourth-order valence-corrected chi connectivity index (χ4v) is 6.08. The van der Waals surface area contributed by atoms with Crippen molar-refractivity contribution in [3.05, 3.63) is 29.3 Å². The molecule has 0 aromatic heterocycles. The molecule has 2 unspecified atom stereocenters. The van der Waals surface area contributed by atoms with E-state index in [1.807, 2.05) is 45.9 Å². The van der Waals surface area contributed by atoms with E-state index in [1.54, 1.807) is 6.92 Å². The highest BCUT2D eigenvalue weighted by Gasteiger charge is 2.75. The van der Waals surface area contributed by atoms with E-state index in [0.29, 0.717) is 18.5 Å². The molecule has 8 nitrogen and oxygen atoms in total. The van der Waals surface area contributed by atoms with Crippen LogP contribution in [0.3, 0.4) is 0 Å². The minimum absolute atomic E-state index is 0.0945. The van der Waals surface area contributed by atoms with Crippen LogP contribution < -0.4 is 5.32 Å². The number of carbonyl (C=O) groups excluding carboxylic acids is 3. The topological polar surface area (TPSA) is 105 Å². The van der Waals surface area contributed by atoms with Crippen molar-refractivity contribution in [2.75, 3.05) is 18.5 Å². The lowest BCUT2D eigenvalue weighted by atomic mass is 9.70. The zero-order valence-corrected chi connectivity index (χ0v) is 20.0. The van der Waals surface area contributed by atoms with Gasteiger partial charge in [0.05, 0.1) is 37.2 Å². The molecule has 2 N–H and O–H groups in total. The lowest BCUT2D eigenvalue weighted by Gasteiger charge is -2.38. The molecule has 8 heteroatoms. The first-order valence-corrected chi connectivity index (χ1v) is 11.8. The Morgan fingerprint density at radius 2 is 1.97 bits per heavy atom. The van der Waals surface area contributed by atoms with Crippen molar-refractivity contribution in [2.45, 2.75) is 71.2 Å². The highest BCUT2D eigenvalue weighted by molar-refractivity contribution is 6.04. The smallest absolute Gasteiger partial charge is 0.312 e. The Balaban J connectivity index is 1.78. The number of aryl methyl sites for hydroxylation is 2. The largest absolute Gasteiger partial charge is 0.466 e. The lowest BCUT2D eigenvalue weighted by molar-refractivity contribution is -0.155. The maximum Gasteiger partial charge on any atom is 0.312 e. The predicted molar refractivity (Wildman–Crippen MR) is 121 cm³/mol. The SMILES string of the molecule is CCOC(=O)[C@@H]1[C@H]2C(=O)N([C@@H](CO)C(C)C)C(C(=O)Nc3c(C)cccc3C)C23CC[C@H]1O3. The standard InChI is InChI=1S/C25H34N2O6/c1-6-32-24(31)18-17-10-11-25(33-17)19(18)23(30)27(16(12-28)13(2)3)21(25)22(29)26-20-14(4)8-7-9-15(20)5/h7-9,13,16-19,21,28H,6,10-12H2,1-5H3,(H,26,29)/t16-,17+,18-,19-,21?,25?/m0/s1. The first kappa shape index (κ1) is 23.7. The third-order valence-corrected chi connectivity index (χ3v) is 7.59. The molecule has 1 spiro atoms. The molecule has 0 aliphatic carbocycles. The van der Waals surface area contributed by atoms with Crippen molar-refractivity contribution in [1.82, 2.24) is 4.90 Å². The number of rotatable bonds is 7. The number of aliphatic hydroxyl groups is 1. The van der Waals surface area contributed by atoms with E-state index in [1.165, 1.54) is 4.90 Å². The average molecular weight is 459 g/mol. The summed E-state index contributed by atoms with van der Waals surface area (Å²) in [5, 5.41) is 13.2.